The second-order valence-electron chi connectivity index (χ2n) is 3.23. The molecule has 4 heteroatoms. The first-order valence-electron chi connectivity index (χ1n) is 5.25. The van der Waals surface area contributed by atoms with Gasteiger partial charge in [0.15, 0.2) is 0 Å². The van der Waals surface area contributed by atoms with Gasteiger partial charge in [-0.1, -0.05) is 13.3 Å². The molecule has 0 fully saturated rings. The zero-order valence-electron chi connectivity index (χ0n) is 9.11. The Bertz CT molecular complexity index is 262. The van der Waals surface area contributed by atoms with Crippen molar-refractivity contribution in [3.63, 3.8) is 0 Å². The molecule has 0 bridgehead atoms. The van der Waals surface area contributed by atoms with Crippen molar-refractivity contribution in [3.8, 4) is 5.75 Å². The van der Waals surface area contributed by atoms with Crippen LogP contribution in [0.25, 0.3) is 0 Å². The van der Waals surface area contributed by atoms with Gasteiger partial charge in [-0.3, -0.25) is 0 Å². The van der Waals surface area contributed by atoms with E-state index in [2.05, 4.69) is 11.9 Å². The summed E-state index contributed by atoms with van der Waals surface area (Å²) in [5.41, 5.74) is 5.45. The van der Waals surface area contributed by atoms with Crippen LogP contribution in [-0.2, 0) is 4.74 Å². The van der Waals surface area contributed by atoms with E-state index in [1.165, 1.54) is 0 Å². The molecule has 0 aromatic carbocycles. The molecular weight excluding hydrogens is 192 g/mol. The average molecular weight is 210 g/mol. The van der Waals surface area contributed by atoms with Crippen LogP contribution in [0.15, 0.2) is 18.3 Å². The molecule has 0 radical (unpaired) electrons. The van der Waals surface area contributed by atoms with E-state index in [0.717, 1.165) is 25.2 Å². The van der Waals surface area contributed by atoms with Crippen LogP contribution in [0, 0.1) is 0 Å². The number of unbranched alkanes of at least 4 members (excludes halogenated alkanes) is 1. The highest BCUT2D eigenvalue weighted by molar-refractivity contribution is 5.31. The van der Waals surface area contributed by atoms with E-state index >= 15 is 0 Å². The Balaban J connectivity index is 2.07. The Hall–Kier alpha value is -1.29. The molecule has 0 unspecified atom stereocenters. The first kappa shape index (κ1) is 11.8. The summed E-state index contributed by atoms with van der Waals surface area (Å²) in [5, 5.41) is 0. The predicted octanol–water partition coefficient (Wildman–Crippen LogP) is 1.86. The second-order valence-corrected chi connectivity index (χ2v) is 3.23. The molecule has 0 aliphatic carbocycles. The normalized spacial score (nSPS) is 10.2. The lowest BCUT2D eigenvalue weighted by atomic mass is 10.4. The molecular formula is C11H18N2O2. The number of anilines is 1. The van der Waals surface area contributed by atoms with E-state index in [4.69, 9.17) is 15.2 Å². The first-order chi connectivity index (χ1) is 7.33. The van der Waals surface area contributed by atoms with E-state index in [0.29, 0.717) is 19.0 Å². The quantitative estimate of drug-likeness (QED) is 0.698. The van der Waals surface area contributed by atoms with Crippen LogP contribution in [0.5, 0.6) is 5.75 Å². The van der Waals surface area contributed by atoms with Crippen molar-refractivity contribution in [1.82, 2.24) is 4.98 Å². The van der Waals surface area contributed by atoms with Gasteiger partial charge in [0, 0.05) is 6.61 Å². The molecule has 0 atom stereocenters. The molecule has 84 valence electrons. The lowest BCUT2D eigenvalue weighted by molar-refractivity contribution is 0.0979. The Morgan fingerprint density at radius 3 is 2.80 bits per heavy atom. The molecule has 1 rings (SSSR count). The minimum Gasteiger partial charge on any atom is -0.490 e. The van der Waals surface area contributed by atoms with Crippen LogP contribution < -0.4 is 10.5 Å². The van der Waals surface area contributed by atoms with Gasteiger partial charge in [-0.15, -0.1) is 0 Å². The van der Waals surface area contributed by atoms with Crippen molar-refractivity contribution in [2.24, 2.45) is 0 Å². The topological polar surface area (TPSA) is 57.4 Å². The number of ether oxygens (including phenoxy) is 2. The van der Waals surface area contributed by atoms with Crippen molar-refractivity contribution in [2.45, 2.75) is 19.8 Å². The first-order valence-corrected chi connectivity index (χ1v) is 5.25. The highest BCUT2D eigenvalue weighted by Gasteiger charge is 1.94. The van der Waals surface area contributed by atoms with Gasteiger partial charge in [-0.05, 0) is 18.6 Å². The van der Waals surface area contributed by atoms with Gasteiger partial charge in [-0.25, -0.2) is 4.98 Å². The molecule has 0 saturated carbocycles. The summed E-state index contributed by atoms with van der Waals surface area (Å²) in [5.74, 6) is 1.23. The van der Waals surface area contributed by atoms with Gasteiger partial charge in [0.05, 0.1) is 12.8 Å². The maximum Gasteiger partial charge on any atom is 0.137 e. The molecule has 1 heterocycles. The van der Waals surface area contributed by atoms with Gasteiger partial charge in [0.1, 0.15) is 18.2 Å². The van der Waals surface area contributed by atoms with Crippen molar-refractivity contribution in [3.05, 3.63) is 18.3 Å². The van der Waals surface area contributed by atoms with Crippen LogP contribution in [-0.4, -0.2) is 24.8 Å². The van der Waals surface area contributed by atoms with Crippen LogP contribution in [0.1, 0.15) is 19.8 Å². The minimum atomic E-state index is 0.501. The highest BCUT2D eigenvalue weighted by Crippen LogP contribution is 2.09. The monoisotopic (exact) mass is 210 g/mol. The largest absolute Gasteiger partial charge is 0.490 e. The molecule has 15 heavy (non-hydrogen) atoms. The number of nitrogens with zero attached hydrogens (tertiary/aromatic N) is 1. The highest BCUT2D eigenvalue weighted by atomic mass is 16.5. The zero-order chi connectivity index (χ0) is 10.9. The van der Waals surface area contributed by atoms with Crippen LogP contribution in [0.4, 0.5) is 5.82 Å². The van der Waals surface area contributed by atoms with Crippen LogP contribution in [0.3, 0.4) is 0 Å². The second kappa shape index (κ2) is 7.06. The number of aromatic nitrogens is 1. The van der Waals surface area contributed by atoms with E-state index in [9.17, 15) is 0 Å². The van der Waals surface area contributed by atoms with Gasteiger partial charge < -0.3 is 15.2 Å². The molecule has 0 spiro atoms. The summed E-state index contributed by atoms with van der Waals surface area (Å²) in [6, 6.07) is 3.52. The lowest BCUT2D eigenvalue weighted by Crippen LogP contribution is -2.07. The average Bonchev–Trinajstić information content (AvgIpc) is 2.26. The maximum absolute atomic E-state index is 5.45. The van der Waals surface area contributed by atoms with Crippen molar-refractivity contribution >= 4 is 5.82 Å². The van der Waals surface area contributed by atoms with Gasteiger partial charge in [0.25, 0.3) is 0 Å². The molecule has 4 nitrogen and oxygen atoms in total. The summed E-state index contributed by atoms with van der Waals surface area (Å²) < 4.78 is 10.7. The molecule has 2 N–H and O–H groups in total. The SMILES string of the molecule is CCCCOCCOc1ccc(N)nc1. The Morgan fingerprint density at radius 2 is 2.13 bits per heavy atom. The summed E-state index contributed by atoms with van der Waals surface area (Å²) in [4.78, 5) is 3.92. The molecule has 0 aliphatic rings. The Morgan fingerprint density at radius 1 is 1.27 bits per heavy atom. The lowest BCUT2D eigenvalue weighted by Gasteiger charge is -2.06. The number of nitrogens with two attached hydrogens (primary N) is 1. The number of nitrogen functional groups attached to an aromatic ring is 1. The molecule has 1 aromatic rings. The van der Waals surface area contributed by atoms with Crippen LogP contribution in [0.2, 0.25) is 0 Å². The van der Waals surface area contributed by atoms with E-state index in [1.54, 1.807) is 18.3 Å². The number of hydrogen-bond acceptors (Lipinski definition) is 4. The third-order valence-corrected chi connectivity index (χ3v) is 1.90. The van der Waals surface area contributed by atoms with E-state index in [-0.39, 0.29) is 0 Å². The smallest absolute Gasteiger partial charge is 0.137 e. The third-order valence-electron chi connectivity index (χ3n) is 1.90. The van der Waals surface area contributed by atoms with E-state index < -0.39 is 0 Å². The Kier molecular flexibility index (Phi) is 5.55. The molecule has 0 aliphatic heterocycles. The maximum atomic E-state index is 5.45. The van der Waals surface area contributed by atoms with Gasteiger partial charge >= 0.3 is 0 Å². The van der Waals surface area contributed by atoms with Crippen molar-refractivity contribution in [2.75, 3.05) is 25.6 Å². The van der Waals surface area contributed by atoms with Crippen LogP contribution >= 0.6 is 0 Å². The predicted molar refractivity (Wildman–Crippen MR) is 59.9 cm³/mol. The molecule has 0 amide bonds. The summed E-state index contributed by atoms with van der Waals surface area (Å²) in [6.45, 7) is 4.11. The summed E-state index contributed by atoms with van der Waals surface area (Å²) >= 11 is 0. The molecule has 1 aromatic heterocycles. The fraction of sp³-hybridized carbons (Fsp3) is 0.545. The van der Waals surface area contributed by atoms with Gasteiger partial charge in [0.2, 0.25) is 0 Å². The number of rotatable bonds is 7. The minimum absolute atomic E-state index is 0.501. The van der Waals surface area contributed by atoms with Gasteiger partial charge in [-0.2, -0.15) is 0 Å². The standard InChI is InChI=1S/C11H18N2O2/c1-2-3-6-14-7-8-15-10-4-5-11(12)13-9-10/h4-5,9H,2-3,6-8H2,1H3,(H2,12,13). The van der Waals surface area contributed by atoms with Crippen molar-refractivity contribution < 1.29 is 9.47 Å². The van der Waals surface area contributed by atoms with E-state index in [1.807, 2.05) is 0 Å². The number of pyridine rings is 1. The number of hydrogen-bond donors (Lipinski definition) is 1. The Labute approximate surface area is 90.4 Å². The van der Waals surface area contributed by atoms with Crippen molar-refractivity contribution in [1.29, 1.82) is 0 Å². The zero-order valence-corrected chi connectivity index (χ0v) is 9.11. The molecule has 0 saturated heterocycles. The third kappa shape index (κ3) is 5.22. The summed E-state index contributed by atoms with van der Waals surface area (Å²) in [7, 11) is 0. The fourth-order valence-electron chi connectivity index (χ4n) is 1.04. The summed E-state index contributed by atoms with van der Waals surface area (Å²) in [6.07, 6.45) is 3.87. The fourth-order valence-corrected chi connectivity index (χ4v) is 1.04.